The fraction of sp³-hybridized carbons (Fsp3) is 0.0625. The molecule has 0 radical (unpaired) electrons. The van der Waals surface area contributed by atoms with Gasteiger partial charge >= 0.3 is 0 Å². The highest BCUT2D eigenvalue weighted by molar-refractivity contribution is 7.92. The second-order valence-electron chi connectivity index (χ2n) is 4.84. The zero-order valence-corrected chi connectivity index (χ0v) is 14.1. The van der Waals surface area contributed by atoms with E-state index in [-0.39, 0.29) is 15.7 Å². The quantitative estimate of drug-likeness (QED) is 0.744. The molecule has 3 rings (SSSR count). The van der Waals surface area contributed by atoms with Crippen LogP contribution in [0, 0.1) is 0 Å². The summed E-state index contributed by atoms with van der Waals surface area (Å²) in [6.07, 6.45) is 0. The van der Waals surface area contributed by atoms with Crippen LogP contribution < -0.4 is 9.46 Å². The summed E-state index contributed by atoms with van der Waals surface area (Å²) in [6.45, 7) is 0. The Hall–Kier alpha value is -2.51. The summed E-state index contributed by atoms with van der Waals surface area (Å²) in [4.78, 5) is -0.00226. The van der Waals surface area contributed by atoms with Gasteiger partial charge in [-0.3, -0.25) is 4.72 Å². The van der Waals surface area contributed by atoms with Crippen LogP contribution in [0.1, 0.15) is 0 Å². The monoisotopic (exact) mass is 364 g/mol. The molecule has 0 amide bonds. The molecule has 0 aliphatic carbocycles. The molecule has 0 bridgehead atoms. The number of methoxy groups -OCH3 is 1. The van der Waals surface area contributed by atoms with Crippen molar-refractivity contribution in [3.8, 4) is 17.1 Å². The van der Waals surface area contributed by atoms with E-state index in [1.54, 1.807) is 0 Å². The first-order chi connectivity index (χ1) is 11.5. The van der Waals surface area contributed by atoms with E-state index in [1.807, 2.05) is 30.3 Å². The zero-order valence-electron chi connectivity index (χ0n) is 12.6. The van der Waals surface area contributed by atoms with Crippen LogP contribution in [-0.4, -0.2) is 20.7 Å². The summed E-state index contributed by atoms with van der Waals surface area (Å²) < 4.78 is 37.3. The summed E-state index contributed by atoms with van der Waals surface area (Å²) in [7, 11) is -2.39. The highest BCUT2D eigenvalue weighted by Crippen LogP contribution is 2.28. The van der Waals surface area contributed by atoms with Gasteiger partial charge in [0, 0.05) is 11.6 Å². The summed E-state index contributed by atoms with van der Waals surface area (Å²) in [6, 6.07) is 14.9. The minimum absolute atomic E-state index is 0.00226. The SMILES string of the molecule is COc1ccc(S(=O)(=O)Nc2cc(-c3ccccc3)on2)cc1Cl. The van der Waals surface area contributed by atoms with Crippen LogP contribution in [0.2, 0.25) is 5.02 Å². The van der Waals surface area contributed by atoms with Crippen molar-refractivity contribution in [2.75, 3.05) is 11.8 Å². The van der Waals surface area contributed by atoms with Gasteiger partial charge in [-0.15, -0.1) is 0 Å². The highest BCUT2D eigenvalue weighted by atomic mass is 35.5. The lowest BCUT2D eigenvalue weighted by atomic mass is 10.2. The van der Waals surface area contributed by atoms with Gasteiger partial charge < -0.3 is 9.26 Å². The van der Waals surface area contributed by atoms with Gasteiger partial charge in [0.15, 0.2) is 11.6 Å². The average Bonchev–Trinajstić information content (AvgIpc) is 3.03. The maximum absolute atomic E-state index is 12.4. The lowest BCUT2D eigenvalue weighted by molar-refractivity contribution is 0.414. The normalized spacial score (nSPS) is 11.2. The van der Waals surface area contributed by atoms with E-state index in [4.69, 9.17) is 20.9 Å². The number of halogens is 1. The van der Waals surface area contributed by atoms with Crippen molar-refractivity contribution in [1.82, 2.24) is 5.16 Å². The third-order valence-corrected chi connectivity index (χ3v) is 4.89. The smallest absolute Gasteiger partial charge is 0.263 e. The van der Waals surface area contributed by atoms with Crippen molar-refractivity contribution in [2.45, 2.75) is 4.90 Å². The molecule has 24 heavy (non-hydrogen) atoms. The topological polar surface area (TPSA) is 81.4 Å². The minimum atomic E-state index is -3.84. The van der Waals surface area contributed by atoms with Crippen molar-refractivity contribution in [3.63, 3.8) is 0 Å². The molecule has 2 aromatic carbocycles. The molecular weight excluding hydrogens is 352 g/mol. The Morgan fingerprint density at radius 2 is 1.88 bits per heavy atom. The van der Waals surface area contributed by atoms with Gasteiger partial charge in [0.25, 0.3) is 10.0 Å². The van der Waals surface area contributed by atoms with Crippen LogP contribution in [-0.2, 0) is 10.0 Å². The maximum atomic E-state index is 12.4. The third kappa shape index (κ3) is 3.37. The molecule has 124 valence electrons. The Balaban J connectivity index is 1.85. The molecule has 0 fully saturated rings. The molecular formula is C16H13ClN2O4S. The first kappa shape index (κ1) is 16.4. The van der Waals surface area contributed by atoms with Crippen molar-refractivity contribution in [3.05, 3.63) is 59.6 Å². The number of anilines is 1. The molecule has 1 N–H and O–H groups in total. The third-order valence-electron chi connectivity index (χ3n) is 3.24. The predicted molar refractivity (Wildman–Crippen MR) is 90.8 cm³/mol. The average molecular weight is 365 g/mol. The number of nitrogens with zero attached hydrogens (tertiary/aromatic N) is 1. The molecule has 0 unspecified atom stereocenters. The van der Waals surface area contributed by atoms with Crippen LogP contribution in [0.15, 0.2) is 64.0 Å². The lowest BCUT2D eigenvalue weighted by Gasteiger charge is -2.07. The Bertz CT molecular complexity index is 955. The summed E-state index contributed by atoms with van der Waals surface area (Å²) in [5.74, 6) is 0.935. The molecule has 8 heteroatoms. The van der Waals surface area contributed by atoms with Gasteiger partial charge in [-0.2, -0.15) is 0 Å². The van der Waals surface area contributed by atoms with Crippen molar-refractivity contribution in [1.29, 1.82) is 0 Å². The number of sulfonamides is 1. The fourth-order valence-corrected chi connectivity index (χ4v) is 3.40. The van der Waals surface area contributed by atoms with Crippen molar-refractivity contribution in [2.24, 2.45) is 0 Å². The Kier molecular flexibility index (Phi) is 4.46. The Morgan fingerprint density at radius 1 is 1.12 bits per heavy atom. The second-order valence-corrected chi connectivity index (χ2v) is 6.93. The number of nitrogens with one attached hydrogen (secondary N) is 1. The largest absolute Gasteiger partial charge is 0.495 e. The van der Waals surface area contributed by atoms with Crippen LogP contribution in [0.5, 0.6) is 5.75 Å². The Labute approximate surface area is 144 Å². The van der Waals surface area contributed by atoms with Gasteiger partial charge in [0.05, 0.1) is 17.0 Å². The second kappa shape index (κ2) is 6.54. The lowest BCUT2D eigenvalue weighted by Crippen LogP contribution is -2.13. The van der Waals surface area contributed by atoms with Gasteiger partial charge in [0.2, 0.25) is 0 Å². The predicted octanol–water partition coefficient (Wildman–Crippen LogP) is 3.80. The first-order valence-electron chi connectivity index (χ1n) is 6.88. The number of rotatable bonds is 5. The number of benzene rings is 2. The fourth-order valence-electron chi connectivity index (χ4n) is 2.07. The van der Waals surface area contributed by atoms with Crippen LogP contribution in [0.4, 0.5) is 5.82 Å². The standard InChI is InChI=1S/C16H13ClN2O4S/c1-22-14-8-7-12(9-13(14)17)24(20,21)19-16-10-15(23-18-16)11-5-3-2-4-6-11/h2-10H,1H3,(H,18,19). The van der Waals surface area contributed by atoms with E-state index in [0.717, 1.165) is 5.56 Å². The van der Waals surface area contributed by atoms with E-state index in [2.05, 4.69) is 9.88 Å². The van der Waals surface area contributed by atoms with E-state index in [0.29, 0.717) is 11.5 Å². The number of aromatic nitrogens is 1. The van der Waals surface area contributed by atoms with Crippen LogP contribution in [0.25, 0.3) is 11.3 Å². The van der Waals surface area contributed by atoms with Crippen molar-refractivity contribution >= 4 is 27.4 Å². The maximum Gasteiger partial charge on any atom is 0.263 e. The van der Waals surface area contributed by atoms with E-state index < -0.39 is 10.0 Å². The minimum Gasteiger partial charge on any atom is -0.495 e. The summed E-state index contributed by atoms with van der Waals surface area (Å²) in [5.41, 5.74) is 0.794. The molecule has 3 aromatic rings. The number of hydrogen-bond acceptors (Lipinski definition) is 5. The molecule has 6 nitrogen and oxygen atoms in total. The van der Waals surface area contributed by atoms with E-state index in [9.17, 15) is 8.42 Å². The number of hydrogen-bond donors (Lipinski definition) is 1. The van der Waals surface area contributed by atoms with E-state index >= 15 is 0 Å². The molecule has 0 saturated carbocycles. The molecule has 0 aliphatic heterocycles. The molecule has 0 aliphatic rings. The van der Waals surface area contributed by atoms with Crippen LogP contribution in [0.3, 0.4) is 0 Å². The summed E-state index contributed by atoms with van der Waals surface area (Å²) >= 11 is 5.97. The molecule has 0 saturated heterocycles. The van der Waals surface area contributed by atoms with Crippen molar-refractivity contribution < 1.29 is 17.7 Å². The van der Waals surface area contributed by atoms with Crippen LogP contribution >= 0.6 is 11.6 Å². The Morgan fingerprint density at radius 3 is 2.54 bits per heavy atom. The highest BCUT2D eigenvalue weighted by Gasteiger charge is 2.18. The molecule has 1 heterocycles. The first-order valence-corrected chi connectivity index (χ1v) is 8.74. The summed E-state index contributed by atoms with van der Waals surface area (Å²) in [5, 5.41) is 3.94. The van der Waals surface area contributed by atoms with E-state index in [1.165, 1.54) is 31.4 Å². The van der Waals surface area contributed by atoms with Gasteiger partial charge in [-0.25, -0.2) is 8.42 Å². The van der Waals surface area contributed by atoms with Gasteiger partial charge in [-0.05, 0) is 18.2 Å². The van der Waals surface area contributed by atoms with Gasteiger partial charge in [-0.1, -0.05) is 47.1 Å². The number of ether oxygens (including phenoxy) is 1. The molecule has 0 spiro atoms. The molecule has 1 aromatic heterocycles. The van der Waals surface area contributed by atoms with Gasteiger partial charge in [0.1, 0.15) is 5.75 Å². The molecule has 0 atom stereocenters. The zero-order chi connectivity index (χ0) is 17.2.